The molecule has 1 atom stereocenters. The topological polar surface area (TPSA) is 69.4 Å². The first-order chi connectivity index (χ1) is 6.11. The van der Waals surface area contributed by atoms with Gasteiger partial charge in [0.25, 0.3) is 5.91 Å². The first kappa shape index (κ1) is 11.7. The Bertz CT molecular complexity index is 201. The summed E-state index contributed by atoms with van der Waals surface area (Å²) in [6, 6.07) is 0. The van der Waals surface area contributed by atoms with Crippen LogP contribution in [0.3, 0.4) is 0 Å². The van der Waals surface area contributed by atoms with Crippen LogP contribution in [0.5, 0.6) is 0 Å². The van der Waals surface area contributed by atoms with Crippen molar-refractivity contribution in [3.05, 3.63) is 12.7 Å². The lowest BCUT2D eigenvalue weighted by atomic mass is 10.1. The van der Waals surface area contributed by atoms with Crippen LogP contribution in [0.2, 0.25) is 0 Å². The fourth-order valence-electron chi connectivity index (χ4n) is 0.837. The molecule has 74 valence electrons. The van der Waals surface area contributed by atoms with E-state index in [9.17, 15) is 9.59 Å². The van der Waals surface area contributed by atoms with Crippen molar-refractivity contribution < 1.29 is 14.3 Å². The van der Waals surface area contributed by atoms with Crippen LogP contribution in [0, 0.1) is 0 Å². The average molecular weight is 185 g/mol. The summed E-state index contributed by atoms with van der Waals surface area (Å²) in [4.78, 5) is 21.5. The maximum atomic E-state index is 10.8. The molecule has 4 nitrogen and oxygen atoms in total. The summed E-state index contributed by atoms with van der Waals surface area (Å²) in [5.41, 5.74) is 5.03. The van der Waals surface area contributed by atoms with Gasteiger partial charge in [-0.25, -0.2) is 4.79 Å². The molecule has 4 heteroatoms. The summed E-state index contributed by atoms with van der Waals surface area (Å²) in [7, 11) is 0. The van der Waals surface area contributed by atoms with E-state index in [2.05, 4.69) is 6.58 Å². The number of nitrogens with two attached hydrogens (primary N) is 1. The average Bonchev–Trinajstić information content (AvgIpc) is 2.11. The summed E-state index contributed by atoms with van der Waals surface area (Å²) in [5, 5.41) is 0. The molecule has 0 saturated carbocycles. The van der Waals surface area contributed by atoms with Crippen LogP contribution in [-0.2, 0) is 14.3 Å². The van der Waals surface area contributed by atoms with Crippen LogP contribution in [0.25, 0.3) is 0 Å². The van der Waals surface area contributed by atoms with Gasteiger partial charge in [-0.1, -0.05) is 19.9 Å². The Hall–Kier alpha value is -1.32. The standard InChI is InChI=1S/C9H15NO3/c1-3-5-6-7(9(10)12)13-8(11)4-2/h4,7H,2-3,5-6H2,1H3,(H2,10,12). The Kier molecular flexibility index (Phi) is 5.59. The van der Waals surface area contributed by atoms with Crippen molar-refractivity contribution in [2.24, 2.45) is 5.73 Å². The quantitative estimate of drug-likeness (QED) is 0.490. The van der Waals surface area contributed by atoms with E-state index in [4.69, 9.17) is 10.5 Å². The summed E-state index contributed by atoms with van der Waals surface area (Å²) < 4.78 is 4.73. The molecule has 0 aromatic heterocycles. The minimum Gasteiger partial charge on any atom is -0.449 e. The predicted octanol–water partition coefficient (Wildman–Crippen LogP) is 0.760. The SMILES string of the molecule is C=CC(=O)OC(CCCC)C(N)=O. The fraction of sp³-hybridized carbons (Fsp3) is 0.556. The van der Waals surface area contributed by atoms with E-state index in [1.54, 1.807) is 0 Å². The molecular formula is C9H15NO3. The van der Waals surface area contributed by atoms with E-state index in [0.29, 0.717) is 6.42 Å². The van der Waals surface area contributed by atoms with Gasteiger partial charge in [0.2, 0.25) is 0 Å². The number of carbonyl (C=O) groups excluding carboxylic acids is 2. The van der Waals surface area contributed by atoms with Gasteiger partial charge in [0, 0.05) is 6.08 Å². The second-order valence-electron chi connectivity index (χ2n) is 2.67. The predicted molar refractivity (Wildman–Crippen MR) is 48.8 cm³/mol. The number of primary amides is 1. The third-order valence-electron chi connectivity index (χ3n) is 1.56. The highest BCUT2D eigenvalue weighted by atomic mass is 16.5. The minimum atomic E-state index is -0.814. The van der Waals surface area contributed by atoms with Crippen molar-refractivity contribution in [1.82, 2.24) is 0 Å². The fourth-order valence-corrected chi connectivity index (χ4v) is 0.837. The van der Waals surface area contributed by atoms with Crippen molar-refractivity contribution in [2.75, 3.05) is 0 Å². The molecular weight excluding hydrogens is 170 g/mol. The van der Waals surface area contributed by atoms with Crippen LogP contribution in [-0.4, -0.2) is 18.0 Å². The van der Waals surface area contributed by atoms with Gasteiger partial charge in [-0.3, -0.25) is 4.79 Å². The first-order valence-corrected chi connectivity index (χ1v) is 4.24. The number of amides is 1. The number of carbonyl (C=O) groups is 2. The second-order valence-corrected chi connectivity index (χ2v) is 2.67. The van der Waals surface area contributed by atoms with Crippen LogP contribution < -0.4 is 5.73 Å². The van der Waals surface area contributed by atoms with Gasteiger partial charge in [0.1, 0.15) is 0 Å². The molecule has 0 bridgehead atoms. The summed E-state index contributed by atoms with van der Waals surface area (Å²) in [6.07, 6.45) is 2.41. The zero-order valence-corrected chi connectivity index (χ0v) is 7.79. The Morgan fingerprint density at radius 1 is 1.62 bits per heavy atom. The number of rotatable bonds is 6. The maximum absolute atomic E-state index is 10.8. The van der Waals surface area contributed by atoms with E-state index < -0.39 is 18.0 Å². The van der Waals surface area contributed by atoms with Crippen LogP contribution in [0.15, 0.2) is 12.7 Å². The lowest BCUT2D eigenvalue weighted by Crippen LogP contribution is -2.32. The molecule has 0 aromatic carbocycles. The lowest BCUT2D eigenvalue weighted by Gasteiger charge is -2.12. The molecule has 0 fully saturated rings. The van der Waals surface area contributed by atoms with Gasteiger partial charge in [0.05, 0.1) is 0 Å². The molecule has 0 spiro atoms. The van der Waals surface area contributed by atoms with Crippen LogP contribution in [0.4, 0.5) is 0 Å². The van der Waals surface area contributed by atoms with E-state index in [-0.39, 0.29) is 0 Å². The van der Waals surface area contributed by atoms with Crippen LogP contribution >= 0.6 is 0 Å². The van der Waals surface area contributed by atoms with Crippen LogP contribution in [0.1, 0.15) is 26.2 Å². The Labute approximate surface area is 77.7 Å². The highest BCUT2D eigenvalue weighted by molar-refractivity contribution is 5.86. The zero-order chi connectivity index (χ0) is 10.3. The molecule has 2 N–H and O–H groups in total. The van der Waals surface area contributed by atoms with Crippen molar-refractivity contribution in [1.29, 1.82) is 0 Å². The molecule has 0 aliphatic heterocycles. The summed E-state index contributed by atoms with van der Waals surface area (Å²) in [5.74, 6) is -1.22. The van der Waals surface area contributed by atoms with Crippen molar-refractivity contribution >= 4 is 11.9 Å². The Morgan fingerprint density at radius 2 is 2.23 bits per heavy atom. The third-order valence-corrected chi connectivity index (χ3v) is 1.56. The van der Waals surface area contributed by atoms with E-state index in [1.807, 2.05) is 6.92 Å². The molecule has 0 saturated heterocycles. The molecule has 0 aromatic rings. The minimum absolute atomic E-state index is 0.478. The first-order valence-electron chi connectivity index (χ1n) is 4.24. The molecule has 0 rings (SSSR count). The van der Waals surface area contributed by atoms with Gasteiger partial charge in [0.15, 0.2) is 6.10 Å². The number of esters is 1. The molecule has 1 amide bonds. The third kappa shape index (κ3) is 5.00. The smallest absolute Gasteiger partial charge is 0.330 e. The molecule has 13 heavy (non-hydrogen) atoms. The Balaban J connectivity index is 4.01. The molecule has 0 heterocycles. The largest absolute Gasteiger partial charge is 0.449 e. The normalized spacial score (nSPS) is 11.8. The second kappa shape index (κ2) is 6.22. The van der Waals surface area contributed by atoms with Gasteiger partial charge in [-0.2, -0.15) is 0 Å². The van der Waals surface area contributed by atoms with E-state index >= 15 is 0 Å². The molecule has 0 radical (unpaired) electrons. The van der Waals surface area contributed by atoms with Gasteiger partial charge in [-0.05, 0) is 12.8 Å². The summed E-state index contributed by atoms with van der Waals surface area (Å²) in [6.45, 7) is 5.21. The molecule has 0 aliphatic carbocycles. The Morgan fingerprint density at radius 3 is 2.62 bits per heavy atom. The number of hydrogen-bond donors (Lipinski definition) is 1. The summed E-state index contributed by atoms with van der Waals surface area (Å²) >= 11 is 0. The molecule has 0 aliphatic rings. The monoisotopic (exact) mass is 185 g/mol. The highest BCUT2D eigenvalue weighted by Gasteiger charge is 2.17. The van der Waals surface area contributed by atoms with Gasteiger partial charge in [-0.15, -0.1) is 0 Å². The molecule has 1 unspecified atom stereocenters. The van der Waals surface area contributed by atoms with E-state index in [1.165, 1.54) is 0 Å². The highest BCUT2D eigenvalue weighted by Crippen LogP contribution is 2.04. The maximum Gasteiger partial charge on any atom is 0.330 e. The van der Waals surface area contributed by atoms with Gasteiger partial charge >= 0.3 is 5.97 Å². The zero-order valence-electron chi connectivity index (χ0n) is 7.79. The van der Waals surface area contributed by atoms with Crippen molar-refractivity contribution in [3.63, 3.8) is 0 Å². The van der Waals surface area contributed by atoms with E-state index in [0.717, 1.165) is 18.9 Å². The number of hydrogen-bond acceptors (Lipinski definition) is 3. The van der Waals surface area contributed by atoms with Crippen molar-refractivity contribution in [2.45, 2.75) is 32.3 Å². The van der Waals surface area contributed by atoms with Gasteiger partial charge < -0.3 is 10.5 Å². The van der Waals surface area contributed by atoms with Crippen molar-refractivity contribution in [3.8, 4) is 0 Å². The lowest BCUT2D eigenvalue weighted by molar-refractivity contribution is -0.150. The number of ether oxygens (including phenoxy) is 1. The number of unbranched alkanes of at least 4 members (excludes halogenated alkanes) is 1.